The number of rotatable bonds is 5. The fourth-order valence-corrected chi connectivity index (χ4v) is 3.86. The lowest BCUT2D eigenvalue weighted by Crippen LogP contribution is -2.48. The van der Waals surface area contributed by atoms with Crippen LogP contribution in [0.3, 0.4) is 0 Å². The summed E-state index contributed by atoms with van der Waals surface area (Å²) in [4.78, 5) is 6.80. The lowest BCUT2D eigenvalue weighted by molar-refractivity contribution is 0.0169. The number of nitrogens with zero attached hydrogens (tertiary/aromatic N) is 2. The Morgan fingerprint density at radius 3 is 2.48 bits per heavy atom. The van der Waals surface area contributed by atoms with Crippen LogP contribution in [0.4, 0.5) is 4.39 Å². The number of ether oxygens (including phenoxy) is 1. The highest BCUT2D eigenvalue weighted by Gasteiger charge is 2.23. The minimum atomic E-state index is -0.197. The van der Waals surface area contributed by atoms with Crippen LogP contribution < -0.4 is 10.6 Å². The summed E-state index contributed by atoms with van der Waals surface area (Å²) < 4.78 is 18.8. The maximum absolute atomic E-state index is 13.3. The summed E-state index contributed by atoms with van der Waals surface area (Å²) in [7, 11) is 1.82. The zero-order valence-electron chi connectivity index (χ0n) is 16.1. The summed E-state index contributed by atoms with van der Waals surface area (Å²) in [5.74, 6) is 0.662. The van der Waals surface area contributed by atoms with Crippen LogP contribution in [-0.4, -0.2) is 56.8 Å². The fourth-order valence-electron chi connectivity index (χ4n) is 3.86. The number of aliphatic imine (C=N–C) groups is 1. The largest absolute Gasteiger partial charge is 0.379 e. The summed E-state index contributed by atoms with van der Waals surface area (Å²) in [5.41, 5.74) is 1.12. The van der Waals surface area contributed by atoms with Crippen molar-refractivity contribution in [2.45, 2.75) is 44.2 Å². The SMILES string of the molecule is CN=C(NCC(c1ccc(F)cc1)N1CCOCC1)NC1CCCCC1.I. The Morgan fingerprint density at radius 1 is 1.19 bits per heavy atom. The van der Waals surface area contributed by atoms with E-state index in [1.54, 1.807) is 0 Å². The molecule has 7 heteroatoms. The molecule has 2 fully saturated rings. The summed E-state index contributed by atoms with van der Waals surface area (Å²) >= 11 is 0. The maximum atomic E-state index is 13.3. The van der Waals surface area contributed by atoms with Gasteiger partial charge in [0.2, 0.25) is 0 Å². The van der Waals surface area contributed by atoms with Gasteiger partial charge in [-0.2, -0.15) is 0 Å². The van der Waals surface area contributed by atoms with Gasteiger partial charge in [-0.25, -0.2) is 4.39 Å². The molecule has 0 aromatic heterocycles. The van der Waals surface area contributed by atoms with E-state index in [9.17, 15) is 4.39 Å². The van der Waals surface area contributed by atoms with Gasteiger partial charge < -0.3 is 15.4 Å². The van der Waals surface area contributed by atoms with Crippen molar-refractivity contribution in [2.75, 3.05) is 39.9 Å². The lowest BCUT2D eigenvalue weighted by atomic mass is 9.96. The molecule has 3 rings (SSSR count). The monoisotopic (exact) mass is 490 g/mol. The van der Waals surface area contributed by atoms with Gasteiger partial charge in [0.05, 0.1) is 19.3 Å². The van der Waals surface area contributed by atoms with Crippen molar-refractivity contribution in [1.82, 2.24) is 15.5 Å². The molecule has 1 aliphatic heterocycles. The van der Waals surface area contributed by atoms with Crippen LogP contribution in [0, 0.1) is 5.82 Å². The molecular formula is C20H32FIN4O. The first kappa shape index (κ1) is 22.4. The van der Waals surface area contributed by atoms with Crippen molar-refractivity contribution in [3.8, 4) is 0 Å². The molecule has 0 spiro atoms. The number of hydrogen-bond donors (Lipinski definition) is 2. The van der Waals surface area contributed by atoms with Crippen LogP contribution in [0.25, 0.3) is 0 Å². The van der Waals surface area contributed by atoms with E-state index in [-0.39, 0.29) is 35.8 Å². The van der Waals surface area contributed by atoms with Crippen molar-refractivity contribution in [1.29, 1.82) is 0 Å². The summed E-state index contributed by atoms with van der Waals surface area (Å²) in [6.45, 7) is 3.99. The molecule has 1 heterocycles. The minimum Gasteiger partial charge on any atom is -0.379 e. The van der Waals surface area contributed by atoms with Gasteiger partial charge in [0.1, 0.15) is 5.82 Å². The smallest absolute Gasteiger partial charge is 0.191 e. The van der Waals surface area contributed by atoms with Crippen LogP contribution in [-0.2, 0) is 4.74 Å². The van der Waals surface area contributed by atoms with E-state index in [1.807, 2.05) is 19.2 Å². The van der Waals surface area contributed by atoms with Gasteiger partial charge in [0, 0.05) is 32.7 Å². The topological polar surface area (TPSA) is 48.9 Å². The molecule has 1 saturated carbocycles. The van der Waals surface area contributed by atoms with E-state index in [1.165, 1.54) is 44.2 Å². The Labute approximate surface area is 179 Å². The molecule has 1 aromatic rings. The first-order valence-corrected chi connectivity index (χ1v) is 9.80. The van der Waals surface area contributed by atoms with Gasteiger partial charge in [0.15, 0.2) is 5.96 Å². The first-order valence-electron chi connectivity index (χ1n) is 9.80. The Morgan fingerprint density at radius 2 is 1.85 bits per heavy atom. The second kappa shape index (κ2) is 11.8. The third-order valence-electron chi connectivity index (χ3n) is 5.37. The van der Waals surface area contributed by atoms with E-state index in [0.717, 1.165) is 44.4 Å². The number of hydrogen-bond acceptors (Lipinski definition) is 3. The molecule has 0 amide bonds. The molecule has 27 heavy (non-hydrogen) atoms. The van der Waals surface area contributed by atoms with Crippen LogP contribution in [0.15, 0.2) is 29.3 Å². The average Bonchev–Trinajstić information content (AvgIpc) is 2.70. The first-order chi connectivity index (χ1) is 12.8. The molecule has 0 radical (unpaired) electrons. The van der Waals surface area contributed by atoms with Crippen LogP contribution in [0.5, 0.6) is 0 Å². The quantitative estimate of drug-likeness (QED) is 0.378. The molecule has 0 bridgehead atoms. The van der Waals surface area contributed by atoms with Crippen molar-refractivity contribution in [3.63, 3.8) is 0 Å². The molecule has 152 valence electrons. The van der Waals surface area contributed by atoms with Crippen molar-refractivity contribution < 1.29 is 9.13 Å². The molecule has 2 N–H and O–H groups in total. The maximum Gasteiger partial charge on any atom is 0.191 e. The Hall–Kier alpha value is -0.930. The fraction of sp³-hybridized carbons (Fsp3) is 0.650. The minimum absolute atomic E-state index is 0. The van der Waals surface area contributed by atoms with Gasteiger partial charge in [-0.05, 0) is 30.5 Å². The number of benzene rings is 1. The summed E-state index contributed by atoms with van der Waals surface area (Å²) in [6.07, 6.45) is 6.35. The summed E-state index contributed by atoms with van der Waals surface area (Å²) in [6, 6.07) is 7.53. The third kappa shape index (κ3) is 6.87. The normalized spacial score (nSPS) is 20.6. The van der Waals surface area contributed by atoms with E-state index < -0.39 is 0 Å². The number of guanidine groups is 1. The molecule has 5 nitrogen and oxygen atoms in total. The van der Waals surface area contributed by atoms with Crippen LogP contribution >= 0.6 is 24.0 Å². The van der Waals surface area contributed by atoms with Gasteiger partial charge >= 0.3 is 0 Å². The standard InChI is InChI=1S/C20H31FN4O.HI/c1-22-20(24-18-5-3-2-4-6-18)23-15-19(25-11-13-26-14-12-25)16-7-9-17(21)10-8-16;/h7-10,18-19H,2-6,11-15H2,1H3,(H2,22,23,24);1H. The Balaban J connectivity index is 0.00000261. The van der Waals surface area contributed by atoms with Crippen molar-refractivity contribution >= 4 is 29.9 Å². The zero-order chi connectivity index (χ0) is 18.2. The van der Waals surface area contributed by atoms with Crippen molar-refractivity contribution in [3.05, 3.63) is 35.6 Å². The molecule has 1 aromatic carbocycles. The zero-order valence-corrected chi connectivity index (χ0v) is 18.5. The van der Waals surface area contributed by atoms with E-state index in [4.69, 9.17) is 4.74 Å². The van der Waals surface area contributed by atoms with Gasteiger partial charge in [-0.3, -0.25) is 9.89 Å². The average molecular weight is 490 g/mol. The third-order valence-corrected chi connectivity index (χ3v) is 5.37. The van der Waals surface area contributed by atoms with E-state index in [0.29, 0.717) is 6.04 Å². The molecule has 2 aliphatic rings. The Kier molecular flexibility index (Phi) is 9.78. The molecule has 1 unspecified atom stereocenters. The molecule has 1 saturated heterocycles. The van der Waals surface area contributed by atoms with E-state index >= 15 is 0 Å². The lowest BCUT2D eigenvalue weighted by Gasteiger charge is -2.35. The number of morpholine rings is 1. The van der Waals surface area contributed by atoms with E-state index in [2.05, 4.69) is 20.5 Å². The second-order valence-corrected chi connectivity index (χ2v) is 7.15. The predicted molar refractivity (Wildman–Crippen MR) is 118 cm³/mol. The van der Waals surface area contributed by atoms with Crippen LogP contribution in [0.1, 0.15) is 43.7 Å². The second-order valence-electron chi connectivity index (χ2n) is 7.15. The number of halogens is 2. The van der Waals surface area contributed by atoms with Gasteiger partial charge in [0.25, 0.3) is 0 Å². The molecular weight excluding hydrogens is 458 g/mol. The van der Waals surface area contributed by atoms with Gasteiger partial charge in [-0.1, -0.05) is 31.4 Å². The molecule has 1 aliphatic carbocycles. The highest BCUT2D eigenvalue weighted by Crippen LogP contribution is 2.22. The molecule has 1 atom stereocenters. The van der Waals surface area contributed by atoms with Crippen LogP contribution in [0.2, 0.25) is 0 Å². The predicted octanol–water partition coefficient (Wildman–Crippen LogP) is 3.31. The van der Waals surface area contributed by atoms with Crippen molar-refractivity contribution in [2.24, 2.45) is 4.99 Å². The Bertz CT molecular complexity index is 572. The highest BCUT2D eigenvalue weighted by atomic mass is 127. The van der Waals surface area contributed by atoms with Gasteiger partial charge in [-0.15, -0.1) is 24.0 Å². The number of nitrogens with one attached hydrogen (secondary N) is 2. The highest BCUT2D eigenvalue weighted by molar-refractivity contribution is 14.0. The summed E-state index contributed by atoms with van der Waals surface area (Å²) in [5, 5.41) is 7.05.